The first kappa shape index (κ1) is 34.3. The SMILES string of the molecule is C=CCC(=O)OC(N1C(=O)C(C(C)O)C1CC(=O)c1ccc(C(=O)NCC)cc1)=P(c1ccccc1)(c1ccccc1)c1ccccc1. The molecular formula is C39H39N2O6P. The van der Waals surface area contributed by atoms with Gasteiger partial charge in [0.15, 0.2) is 5.78 Å². The molecule has 1 aliphatic heterocycles. The average Bonchev–Trinajstić information content (AvgIpc) is 3.10. The maximum atomic E-state index is 14.2. The van der Waals surface area contributed by atoms with Crippen LogP contribution >= 0.6 is 6.89 Å². The topological polar surface area (TPSA) is 113 Å². The van der Waals surface area contributed by atoms with Crippen LogP contribution in [-0.2, 0) is 14.3 Å². The third-order valence-corrected chi connectivity index (χ3v) is 12.5. The van der Waals surface area contributed by atoms with Crippen LogP contribution in [-0.4, -0.2) is 57.9 Å². The molecule has 0 radical (unpaired) electrons. The number of nitrogens with one attached hydrogen (secondary N) is 1. The smallest absolute Gasteiger partial charge is 0.316 e. The number of hydrogen-bond acceptors (Lipinski definition) is 6. The molecule has 1 aliphatic rings. The minimum Gasteiger partial charge on any atom is -0.408 e. The van der Waals surface area contributed by atoms with Crippen molar-refractivity contribution in [3.05, 3.63) is 139 Å². The molecule has 1 heterocycles. The van der Waals surface area contributed by atoms with Crippen molar-refractivity contribution in [3.63, 3.8) is 0 Å². The van der Waals surface area contributed by atoms with Crippen molar-refractivity contribution in [2.45, 2.75) is 38.8 Å². The van der Waals surface area contributed by atoms with Gasteiger partial charge >= 0.3 is 5.97 Å². The highest BCUT2D eigenvalue weighted by Gasteiger charge is 2.55. The van der Waals surface area contributed by atoms with Crippen LogP contribution in [0.15, 0.2) is 128 Å². The number of nitrogens with zero attached hydrogens (tertiary/aromatic N) is 1. The summed E-state index contributed by atoms with van der Waals surface area (Å²) in [5.41, 5.74) is 0.903. The molecule has 4 aromatic rings. The number of hydrogen-bond donors (Lipinski definition) is 2. The fourth-order valence-electron chi connectivity index (χ4n) is 6.20. The van der Waals surface area contributed by atoms with E-state index < -0.39 is 36.8 Å². The predicted octanol–water partition coefficient (Wildman–Crippen LogP) is 4.42. The molecule has 9 heteroatoms. The Morgan fingerprint density at radius 2 is 1.33 bits per heavy atom. The Morgan fingerprint density at radius 3 is 1.77 bits per heavy atom. The zero-order valence-corrected chi connectivity index (χ0v) is 27.9. The lowest BCUT2D eigenvalue weighted by molar-refractivity contribution is -0.157. The van der Waals surface area contributed by atoms with Crippen LogP contribution in [0.2, 0.25) is 0 Å². The minimum atomic E-state index is -3.13. The van der Waals surface area contributed by atoms with E-state index in [1.807, 2.05) is 97.9 Å². The summed E-state index contributed by atoms with van der Waals surface area (Å²) in [6.45, 7) is 4.40. The number of benzene rings is 4. The molecule has 0 saturated carbocycles. The van der Waals surface area contributed by atoms with E-state index in [4.69, 9.17) is 4.74 Å². The third-order valence-electron chi connectivity index (χ3n) is 8.43. The number of likely N-dealkylation sites (tertiary alicyclic amines) is 1. The Morgan fingerprint density at radius 1 is 0.854 bits per heavy atom. The molecule has 1 fully saturated rings. The van der Waals surface area contributed by atoms with Crippen LogP contribution in [0.5, 0.6) is 0 Å². The van der Waals surface area contributed by atoms with Gasteiger partial charge in [0.1, 0.15) is 0 Å². The number of amides is 2. The second-order valence-corrected chi connectivity index (χ2v) is 14.8. The first-order valence-electron chi connectivity index (χ1n) is 15.9. The van der Waals surface area contributed by atoms with E-state index in [0.717, 1.165) is 15.9 Å². The van der Waals surface area contributed by atoms with E-state index in [-0.39, 0.29) is 30.1 Å². The molecule has 2 amide bonds. The summed E-state index contributed by atoms with van der Waals surface area (Å²) in [5.74, 6) is -2.49. The van der Waals surface area contributed by atoms with E-state index in [0.29, 0.717) is 17.7 Å². The number of Topliss-reactive ketones (excluding diaryl/α,β-unsaturated/α-hetero) is 1. The lowest BCUT2D eigenvalue weighted by atomic mass is 9.80. The Balaban J connectivity index is 1.75. The van der Waals surface area contributed by atoms with Crippen LogP contribution < -0.4 is 21.2 Å². The third kappa shape index (κ3) is 6.68. The molecule has 0 bridgehead atoms. The molecule has 2 N–H and O–H groups in total. The number of ketones is 1. The number of aliphatic hydroxyl groups excluding tert-OH is 1. The van der Waals surface area contributed by atoms with Gasteiger partial charge in [-0.25, -0.2) is 0 Å². The second kappa shape index (κ2) is 15.2. The van der Waals surface area contributed by atoms with Gasteiger partial charge in [-0.2, -0.15) is 0 Å². The van der Waals surface area contributed by atoms with Gasteiger partial charge in [0, 0.05) is 31.0 Å². The molecule has 5 rings (SSSR count). The number of ether oxygens (including phenoxy) is 1. The highest BCUT2D eigenvalue weighted by molar-refractivity contribution is 7.95. The quantitative estimate of drug-likeness (QED) is 0.0721. The minimum absolute atomic E-state index is 0.106. The molecule has 0 aromatic heterocycles. The lowest BCUT2D eigenvalue weighted by Gasteiger charge is -2.50. The fourth-order valence-corrected chi connectivity index (χ4v) is 10.4. The first-order chi connectivity index (χ1) is 23.2. The van der Waals surface area contributed by atoms with Crippen molar-refractivity contribution in [3.8, 4) is 0 Å². The number of β-lactam (4-membered cyclic amide) rings is 1. The van der Waals surface area contributed by atoms with Gasteiger partial charge in [0.2, 0.25) is 11.5 Å². The summed E-state index contributed by atoms with van der Waals surface area (Å²) in [5, 5.41) is 16.1. The highest BCUT2D eigenvalue weighted by atomic mass is 31.2. The van der Waals surface area contributed by atoms with Crippen molar-refractivity contribution in [1.82, 2.24) is 10.2 Å². The summed E-state index contributed by atoms with van der Waals surface area (Å²) in [4.78, 5) is 55.3. The highest BCUT2D eigenvalue weighted by Crippen LogP contribution is 2.50. The molecule has 4 aromatic carbocycles. The van der Waals surface area contributed by atoms with Gasteiger partial charge in [-0.05, 0) is 41.9 Å². The van der Waals surface area contributed by atoms with Gasteiger partial charge in [0.25, 0.3) is 5.91 Å². The van der Waals surface area contributed by atoms with Gasteiger partial charge in [-0.3, -0.25) is 24.1 Å². The van der Waals surface area contributed by atoms with E-state index in [9.17, 15) is 24.3 Å². The molecule has 3 unspecified atom stereocenters. The van der Waals surface area contributed by atoms with Gasteiger partial charge < -0.3 is 15.2 Å². The predicted molar refractivity (Wildman–Crippen MR) is 190 cm³/mol. The maximum Gasteiger partial charge on any atom is 0.316 e. The van der Waals surface area contributed by atoms with Gasteiger partial charge in [0.05, 0.1) is 24.5 Å². The maximum absolute atomic E-state index is 14.2. The largest absolute Gasteiger partial charge is 0.408 e. The summed E-state index contributed by atoms with van der Waals surface area (Å²) in [6, 6.07) is 34.4. The van der Waals surface area contributed by atoms with E-state index >= 15 is 0 Å². The molecule has 0 spiro atoms. The lowest BCUT2D eigenvalue weighted by Crippen LogP contribution is -2.67. The molecule has 3 atom stereocenters. The molecule has 48 heavy (non-hydrogen) atoms. The Kier molecular flexibility index (Phi) is 10.9. The van der Waals surface area contributed by atoms with Crippen LogP contribution in [0.3, 0.4) is 0 Å². The Hall–Kier alpha value is -5.04. The van der Waals surface area contributed by atoms with Crippen LogP contribution in [0.4, 0.5) is 0 Å². The van der Waals surface area contributed by atoms with Crippen molar-refractivity contribution >= 4 is 52.0 Å². The number of carbonyl (C=O) groups is 4. The standard InChI is InChI=1S/C39H39N2O6P/c1-4-15-35(44)47-39(48(30-16-9-6-10-17-30,31-18-11-7-12-19-31)32-20-13-8-14-21-32)41-33(36(27(3)42)38(41)46)26-34(43)28-22-24-29(25-23-28)37(45)40-5-2/h4,6-14,16-25,27,33,36,42H,1,5,15,26H2,2-3H3,(H,40,45). The monoisotopic (exact) mass is 662 g/mol. The average molecular weight is 663 g/mol. The first-order valence-corrected chi connectivity index (χ1v) is 17.7. The summed E-state index contributed by atoms with van der Waals surface area (Å²) in [6.07, 6.45) is 0.110. The number of carbonyl (C=O) groups excluding carboxylic acids is 4. The molecule has 246 valence electrons. The van der Waals surface area contributed by atoms with Crippen LogP contribution in [0.1, 0.15) is 47.4 Å². The Bertz CT molecular complexity index is 1740. The zero-order chi connectivity index (χ0) is 34.3. The van der Waals surface area contributed by atoms with Crippen molar-refractivity contribution in [2.24, 2.45) is 5.92 Å². The number of aliphatic hydroxyl groups is 1. The van der Waals surface area contributed by atoms with Crippen LogP contribution in [0.25, 0.3) is 0 Å². The molecule has 1 saturated heterocycles. The van der Waals surface area contributed by atoms with E-state index in [1.54, 1.807) is 24.3 Å². The van der Waals surface area contributed by atoms with E-state index in [2.05, 4.69) is 11.9 Å². The molecular weight excluding hydrogens is 623 g/mol. The Labute approximate surface area is 281 Å². The second-order valence-electron chi connectivity index (χ2n) is 11.5. The van der Waals surface area contributed by atoms with Crippen molar-refractivity contribution < 1.29 is 29.0 Å². The van der Waals surface area contributed by atoms with Gasteiger partial charge in [-0.15, -0.1) is 6.58 Å². The zero-order valence-electron chi connectivity index (χ0n) is 27.0. The number of esters is 1. The number of rotatable bonds is 13. The molecule has 0 aliphatic carbocycles. The normalized spacial score (nSPS) is 16.3. The van der Waals surface area contributed by atoms with E-state index in [1.165, 1.54) is 17.9 Å². The van der Waals surface area contributed by atoms with Crippen LogP contribution in [0, 0.1) is 5.92 Å². The van der Waals surface area contributed by atoms with Gasteiger partial charge in [-0.1, -0.05) is 109 Å². The van der Waals surface area contributed by atoms with Crippen molar-refractivity contribution in [1.29, 1.82) is 0 Å². The summed E-state index contributed by atoms with van der Waals surface area (Å²) < 4.78 is 6.33. The van der Waals surface area contributed by atoms with Crippen molar-refractivity contribution in [2.75, 3.05) is 6.54 Å². The summed E-state index contributed by atoms with van der Waals surface area (Å²) in [7, 11) is 0. The molecule has 8 nitrogen and oxygen atoms in total. The fraction of sp³-hybridized carbons (Fsp3) is 0.205. The summed E-state index contributed by atoms with van der Waals surface area (Å²) >= 11 is 0.